The number of halogens is 1. The van der Waals surface area contributed by atoms with Gasteiger partial charge >= 0.3 is 5.97 Å². The van der Waals surface area contributed by atoms with E-state index in [9.17, 15) is 14.3 Å². The number of imidazole rings is 1. The molecule has 40 heavy (non-hydrogen) atoms. The van der Waals surface area contributed by atoms with Crippen LogP contribution >= 0.6 is 0 Å². The predicted molar refractivity (Wildman–Crippen MR) is 147 cm³/mol. The van der Waals surface area contributed by atoms with E-state index in [1.54, 1.807) is 24.5 Å². The highest BCUT2D eigenvalue weighted by Gasteiger charge is 2.44. The number of fused-ring (bicyclic) bond motifs is 1. The number of aliphatic hydroxyl groups is 1. The molecule has 8 nitrogen and oxygen atoms in total. The topological polar surface area (TPSA) is 120 Å². The molecule has 1 aliphatic heterocycles. The van der Waals surface area contributed by atoms with E-state index in [-0.39, 0.29) is 18.8 Å². The number of aromatic nitrogens is 3. The molecular weight excluding hydrogens is 513 g/mol. The molecule has 1 fully saturated rings. The van der Waals surface area contributed by atoms with Gasteiger partial charge in [-0.25, -0.2) is 9.37 Å². The molecule has 3 aromatic carbocycles. The zero-order chi connectivity index (χ0) is 27.9. The maximum Gasteiger partial charge on any atom is 0.303 e. The van der Waals surface area contributed by atoms with Crippen LogP contribution in [-0.4, -0.2) is 43.8 Å². The van der Waals surface area contributed by atoms with Gasteiger partial charge in [-0.05, 0) is 42.7 Å². The van der Waals surface area contributed by atoms with Gasteiger partial charge in [-0.2, -0.15) is 0 Å². The number of hydrogen-bond acceptors (Lipinski definition) is 5. The molecule has 0 aliphatic carbocycles. The lowest BCUT2D eigenvalue weighted by atomic mass is 9.86. The van der Waals surface area contributed by atoms with Gasteiger partial charge in [0.1, 0.15) is 17.2 Å². The molecule has 0 bridgehead atoms. The molecule has 9 heteroatoms. The third kappa shape index (κ3) is 4.74. The molecule has 2 aromatic heterocycles. The minimum Gasteiger partial charge on any atom is -0.481 e. The lowest BCUT2D eigenvalue weighted by molar-refractivity contribution is -0.136. The van der Waals surface area contributed by atoms with Crippen LogP contribution in [0, 0.1) is 12.7 Å². The number of carboxylic acid groups (broad SMARTS) is 1. The Labute approximate surface area is 229 Å². The smallest absolute Gasteiger partial charge is 0.303 e. The first-order valence-corrected chi connectivity index (χ1v) is 13.1. The highest BCUT2D eigenvalue weighted by molar-refractivity contribution is 5.85. The Morgan fingerprint density at radius 3 is 2.85 bits per heavy atom. The second-order valence-corrected chi connectivity index (χ2v) is 10.1. The number of benzene rings is 3. The van der Waals surface area contributed by atoms with Crippen molar-refractivity contribution in [2.75, 3.05) is 6.61 Å². The zero-order valence-corrected chi connectivity index (χ0v) is 21.8. The van der Waals surface area contributed by atoms with Gasteiger partial charge < -0.3 is 29.7 Å². The second-order valence-electron chi connectivity index (χ2n) is 10.1. The van der Waals surface area contributed by atoms with Crippen molar-refractivity contribution in [1.29, 1.82) is 0 Å². The molecule has 1 aliphatic rings. The van der Waals surface area contributed by atoms with Crippen molar-refractivity contribution in [2.45, 2.75) is 37.9 Å². The van der Waals surface area contributed by atoms with Crippen LogP contribution in [0.3, 0.4) is 0 Å². The number of aliphatic carboxylic acids is 1. The van der Waals surface area contributed by atoms with Gasteiger partial charge in [0.05, 0.1) is 24.6 Å². The largest absolute Gasteiger partial charge is 0.481 e. The standard InChI is InChI=1S/C31H28FN3O5/c1-18-24-10-11-33-26(24)14-25(32)29(18)40-23-7-3-5-20(13-23)30-34-16-27(35-30)31(15-22(36)17-39-31)21-6-2-4-19(12-21)8-9-28(37)38/h2-7,10-14,16,22,33,36H,8-9,15,17H2,1H3,(H,34,35)(H,37,38)/t22-,31+/m0/s1. The Kier molecular flexibility index (Phi) is 6.61. The molecule has 3 heterocycles. The summed E-state index contributed by atoms with van der Waals surface area (Å²) in [5, 5.41) is 20.4. The van der Waals surface area contributed by atoms with Crippen molar-refractivity contribution >= 4 is 16.9 Å². The predicted octanol–water partition coefficient (Wildman–Crippen LogP) is 5.84. The van der Waals surface area contributed by atoms with Gasteiger partial charge in [-0.1, -0.05) is 36.4 Å². The number of rotatable bonds is 8. The van der Waals surface area contributed by atoms with Crippen LogP contribution in [0.15, 0.2) is 73.1 Å². The molecular formula is C31H28FN3O5. The number of carbonyl (C=O) groups is 1. The van der Waals surface area contributed by atoms with Gasteiger partial charge in [-0.3, -0.25) is 4.79 Å². The third-order valence-electron chi connectivity index (χ3n) is 7.42. The monoisotopic (exact) mass is 541 g/mol. The van der Waals surface area contributed by atoms with Crippen molar-refractivity contribution < 1.29 is 28.9 Å². The summed E-state index contributed by atoms with van der Waals surface area (Å²) in [6, 6.07) is 18.1. The normalized spacial score (nSPS) is 18.8. The van der Waals surface area contributed by atoms with Gasteiger partial charge in [0.2, 0.25) is 0 Å². The Morgan fingerprint density at radius 2 is 2.05 bits per heavy atom. The van der Waals surface area contributed by atoms with Gasteiger partial charge in [0.15, 0.2) is 11.6 Å². The Hall–Kier alpha value is -4.47. The summed E-state index contributed by atoms with van der Waals surface area (Å²) in [6.07, 6.45) is 3.52. The quantitative estimate of drug-likeness (QED) is 0.196. The second kappa shape index (κ2) is 10.3. The van der Waals surface area contributed by atoms with E-state index in [0.29, 0.717) is 41.2 Å². The molecule has 204 valence electrons. The molecule has 0 amide bonds. The summed E-state index contributed by atoms with van der Waals surface area (Å²) < 4.78 is 27.1. The molecule has 0 radical (unpaired) electrons. The Morgan fingerprint density at radius 1 is 1.20 bits per heavy atom. The highest BCUT2D eigenvalue weighted by Crippen LogP contribution is 2.43. The van der Waals surface area contributed by atoms with E-state index >= 15 is 0 Å². The molecule has 6 rings (SSSR count). The first-order valence-electron chi connectivity index (χ1n) is 13.1. The van der Waals surface area contributed by atoms with E-state index < -0.39 is 23.5 Å². The molecule has 0 spiro atoms. The Balaban J connectivity index is 1.31. The van der Waals surface area contributed by atoms with Crippen LogP contribution in [-0.2, 0) is 21.6 Å². The Bertz CT molecular complexity index is 1710. The highest BCUT2D eigenvalue weighted by atomic mass is 19.1. The van der Waals surface area contributed by atoms with Crippen molar-refractivity contribution in [3.8, 4) is 22.9 Å². The summed E-state index contributed by atoms with van der Waals surface area (Å²) in [6.45, 7) is 1.98. The average Bonchev–Trinajstić information content (AvgIpc) is 3.71. The maximum atomic E-state index is 14.9. The fraction of sp³-hybridized carbons (Fsp3) is 0.226. The van der Waals surface area contributed by atoms with E-state index in [1.165, 1.54) is 6.07 Å². The summed E-state index contributed by atoms with van der Waals surface area (Å²) in [7, 11) is 0. The molecule has 5 aromatic rings. The van der Waals surface area contributed by atoms with Crippen LogP contribution in [0.5, 0.6) is 11.5 Å². The summed E-state index contributed by atoms with van der Waals surface area (Å²) >= 11 is 0. The van der Waals surface area contributed by atoms with Gasteiger partial charge in [0, 0.05) is 47.1 Å². The van der Waals surface area contributed by atoms with Crippen molar-refractivity contribution in [3.05, 3.63) is 101 Å². The number of H-pyrrole nitrogens is 2. The average molecular weight is 542 g/mol. The van der Waals surface area contributed by atoms with E-state index in [1.807, 2.05) is 49.4 Å². The van der Waals surface area contributed by atoms with E-state index in [2.05, 4.69) is 15.0 Å². The van der Waals surface area contributed by atoms with E-state index in [4.69, 9.17) is 14.6 Å². The summed E-state index contributed by atoms with van der Waals surface area (Å²) in [5.74, 6) is -0.132. The number of ether oxygens (including phenoxy) is 2. The van der Waals surface area contributed by atoms with Crippen molar-refractivity contribution in [2.24, 2.45) is 0 Å². The van der Waals surface area contributed by atoms with Crippen LogP contribution in [0.4, 0.5) is 4.39 Å². The fourth-order valence-corrected chi connectivity index (χ4v) is 5.41. The fourth-order valence-electron chi connectivity index (χ4n) is 5.41. The third-order valence-corrected chi connectivity index (χ3v) is 7.42. The lowest BCUT2D eigenvalue weighted by Crippen LogP contribution is -2.28. The minimum absolute atomic E-state index is 0.0228. The molecule has 2 atom stereocenters. The molecule has 0 saturated carbocycles. The number of nitrogens with zero attached hydrogens (tertiary/aromatic N) is 1. The molecule has 1 saturated heterocycles. The maximum absolute atomic E-state index is 14.9. The molecule has 0 unspecified atom stereocenters. The first-order chi connectivity index (χ1) is 19.3. The SMILES string of the molecule is Cc1c(Oc2cccc(-c3ncc([C@]4(c5cccc(CCC(=O)O)c5)C[C@H](O)CO4)[nH]3)c2)c(F)cc2[nH]ccc12. The first kappa shape index (κ1) is 25.8. The lowest BCUT2D eigenvalue weighted by Gasteiger charge is -2.28. The zero-order valence-electron chi connectivity index (χ0n) is 21.8. The number of aliphatic hydroxyl groups excluding tert-OH is 1. The number of carboxylic acids is 1. The van der Waals surface area contributed by atoms with Crippen molar-refractivity contribution in [3.63, 3.8) is 0 Å². The van der Waals surface area contributed by atoms with E-state index in [0.717, 1.165) is 22.1 Å². The van der Waals surface area contributed by atoms with Gasteiger partial charge in [0.25, 0.3) is 0 Å². The number of hydrogen-bond donors (Lipinski definition) is 4. The van der Waals surface area contributed by atoms with Gasteiger partial charge in [-0.15, -0.1) is 0 Å². The van der Waals surface area contributed by atoms with Crippen molar-refractivity contribution in [1.82, 2.24) is 15.0 Å². The minimum atomic E-state index is -0.968. The molecule has 4 N–H and O–H groups in total. The van der Waals surface area contributed by atoms with Crippen LogP contribution in [0.1, 0.15) is 35.2 Å². The van der Waals surface area contributed by atoms with Crippen LogP contribution < -0.4 is 4.74 Å². The number of aryl methyl sites for hydroxylation is 2. The number of nitrogens with one attached hydrogen (secondary N) is 2. The summed E-state index contributed by atoms with van der Waals surface area (Å²) in [4.78, 5) is 22.1. The summed E-state index contributed by atoms with van der Waals surface area (Å²) in [5.41, 5.74) is 3.52. The number of aromatic amines is 2. The van der Waals surface area contributed by atoms with Crippen LogP contribution in [0.25, 0.3) is 22.3 Å². The van der Waals surface area contributed by atoms with Crippen LogP contribution in [0.2, 0.25) is 0 Å².